The van der Waals surface area contributed by atoms with Crippen molar-refractivity contribution >= 4 is 23.4 Å². The molecule has 3 amide bonds. The number of amides is 3. The average molecular weight is 467 g/mol. The second kappa shape index (κ2) is 8.64. The topological polar surface area (TPSA) is 91.0 Å². The normalized spacial score (nSPS) is 27.6. The molecular formula is C26H34N4O4. The van der Waals surface area contributed by atoms with E-state index in [1.54, 1.807) is 4.90 Å². The van der Waals surface area contributed by atoms with Crippen LogP contribution in [0.15, 0.2) is 18.2 Å². The summed E-state index contributed by atoms with van der Waals surface area (Å²) in [5.41, 5.74) is 3.23. The first-order valence-electron chi connectivity index (χ1n) is 12.9. The zero-order valence-electron chi connectivity index (χ0n) is 19.7. The molecule has 1 atom stereocenters. The highest BCUT2D eigenvalue weighted by Crippen LogP contribution is 2.47. The Morgan fingerprint density at radius 2 is 1.68 bits per heavy atom. The summed E-state index contributed by atoms with van der Waals surface area (Å²) in [5, 5.41) is 5.78. The molecule has 0 aromatic heterocycles. The van der Waals surface area contributed by atoms with Crippen molar-refractivity contribution < 1.29 is 19.1 Å². The quantitative estimate of drug-likeness (QED) is 0.660. The standard InChI is InChI=1S/C26H34N4O4/c31-23-4-3-22(24(32)28-23)30-14-17-13-18(1-2-21(17)25(30)33)29-15-26(16-29)9-5-19(6-10-26)34-20-7-11-27-12-8-20/h1-2,13,19-20,22,27H,3-12,14-16H2,(H,28,31,32). The summed E-state index contributed by atoms with van der Waals surface area (Å²) in [4.78, 5) is 40.7. The van der Waals surface area contributed by atoms with Crippen LogP contribution in [0.4, 0.5) is 5.69 Å². The van der Waals surface area contributed by atoms with Gasteiger partial charge >= 0.3 is 0 Å². The van der Waals surface area contributed by atoms with Gasteiger partial charge in [0.25, 0.3) is 5.91 Å². The maximum atomic E-state index is 12.9. The first-order valence-corrected chi connectivity index (χ1v) is 12.9. The Kier molecular flexibility index (Phi) is 5.60. The molecule has 1 aromatic carbocycles. The van der Waals surface area contributed by atoms with Crippen LogP contribution >= 0.6 is 0 Å². The Labute approximate surface area is 200 Å². The van der Waals surface area contributed by atoms with E-state index in [-0.39, 0.29) is 24.1 Å². The molecule has 1 spiro atoms. The lowest BCUT2D eigenvalue weighted by Crippen LogP contribution is -2.58. The van der Waals surface area contributed by atoms with Gasteiger partial charge in [-0.1, -0.05) is 0 Å². The summed E-state index contributed by atoms with van der Waals surface area (Å²) in [6, 6.07) is 5.52. The van der Waals surface area contributed by atoms with Crippen LogP contribution in [0.2, 0.25) is 0 Å². The van der Waals surface area contributed by atoms with E-state index in [1.807, 2.05) is 12.1 Å². The number of carbonyl (C=O) groups excluding carboxylic acids is 3. The molecule has 0 radical (unpaired) electrons. The number of hydrogen-bond donors (Lipinski definition) is 2. The SMILES string of the molecule is O=C1CCC(N2Cc3cc(N4CC5(CCC(OC6CCNCC6)CC5)C4)ccc3C2=O)C(=O)N1. The molecule has 6 rings (SSSR count). The first-order chi connectivity index (χ1) is 16.5. The molecule has 3 saturated heterocycles. The molecule has 1 aliphatic carbocycles. The van der Waals surface area contributed by atoms with Crippen molar-refractivity contribution in [3.05, 3.63) is 29.3 Å². The van der Waals surface area contributed by atoms with Crippen molar-refractivity contribution in [2.24, 2.45) is 5.41 Å². The Morgan fingerprint density at radius 1 is 0.941 bits per heavy atom. The highest BCUT2D eigenvalue weighted by Gasteiger charge is 2.46. The maximum Gasteiger partial charge on any atom is 0.255 e. The fourth-order valence-electron chi connectivity index (χ4n) is 6.56. The van der Waals surface area contributed by atoms with E-state index >= 15 is 0 Å². The number of hydrogen-bond acceptors (Lipinski definition) is 6. The monoisotopic (exact) mass is 466 g/mol. The number of nitrogens with zero attached hydrogens (tertiary/aromatic N) is 2. The molecule has 4 aliphatic heterocycles. The lowest BCUT2D eigenvalue weighted by molar-refractivity contribution is -0.136. The number of ether oxygens (including phenoxy) is 1. The third-order valence-electron chi connectivity index (χ3n) is 8.59. The summed E-state index contributed by atoms with van der Waals surface area (Å²) in [5.74, 6) is -0.725. The summed E-state index contributed by atoms with van der Waals surface area (Å²) < 4.78 is 6.40. The van der Waals surface area contributed by atoms with E-state index < -0.39 is 6.04 Å². The van der Waals surface area contributed by atoms with Gasteiger partial charge < -0.3 is 19.9 Å². The van der Waals surface area contributed by atoms with Crippen LogP contribution in [-0.2, 0) is 20.9 Å². The average Bonchev–Trinajstić information content (AvgIpc) is 3.14. The van der Waals surface area contributed by atoms with Crippen molar-refractivity contribution in [3.63, 3.8) is 0 Å². The zero-order chi connectivity index (χ0) is 23.3. The van der Waals surface area contributed by atoms with Gasteiger partial charge in [0, 0.05) is 42.7 Å². The molecule has 182 valence electrons. The molecular weight excluding hydrogens is 432 g/mol. The molecule has 34 heavy (non-hydrogen) atoms. The molecule has 0 bridgehead atoms. The van der Waals surface area contributed by atoms with Crippen LogP contribution in [0, 0.1) is 5.41 Å². The minimum absolute atomic E-state index is 0.108. The third kappa shape index (κ3) is 4.01. The summed E-state index contributed by atoms with van der Waals surface area (Å²) in [7, 11) is 0. The molecule has 8 heteroatoms. The number of rotatable bonds is 4. The molecule has 4 fully saturated rings. The maximum absolute atomic E-state index is 12.9. The van der Waals surface area contributed by atoms with Gasteiger partial charge in [-0.2, -0.15) is 0 Å². The first kappa shape index (κ1) is 22.0. The zero-order valence-corrected chi connectivity index (χ0v) is 19.7. The molecule has 1 unspecified atom stereocenters. The molecule has 8 nitrogen and oxygen atoms in total. The second-order valence-corrected chi connectivity index (χ2v) is 10.9. The summed E-state index contributed by atoms with van der Waals surface area (Å²) >= 11 is 0. The molecule has 1 aromatic rings. The number of benzene rings is 1. The minimum atomic E-state index is -0.560. The number of anilines is 1. The van der Waals surface area contributed by atoms with Gasteiger partial charge in [0.05, 0.1) is 12.2 Å². The molecule has 5 aliphatic rings. The van der Waals surface area contributed by atoms with Crippen LogP contribution in [0.25, 0.3) is 0 Å². The highest BCUT2D eigenvalue weighted by molar-refractivity contribution is 6.05. The molecule has 2 N–H and O–H groups in total. The fraction of sp³-hybridized carbons (Fsp3) is 0.654. The lowest BCUT2D eigenvalue weighted by atomic mass is 9.67. The van der Waals surface area contributed by atoms with Crippen molar-refractivity contribution in [2.75, 3.05) is 31.1 Å². The van der Waals surface area contributed by atoms with Crippen molar-refractivity contribution in [2.45, 2.75) is 76.2 Å². The number of carbonyl (C=O) groups is 3. The smallest absolute Gasteiger partial charge is 0.255 e. The molecule has 4 heterocycles. The van der Waals surface area contributed by atoms with Crippen LogP contribution in [0.1, 0.15) is 67.3 Å². The Balaban J connectivity index is 1.04. The Morgan fingerprint density at radius 3 is 2.41 bits per heavy atom. The number of nitrogens with one attached hydrogen (secondary N) is 2. The highest BCUT2D eigenvalue weighted by atomic mass is 16.5. The van der Waals surface area contributed by atoms with E-state index in [0.717, 1.165) is 63.1 Å². The summed E-state index contributed by atoms with van der Waals surface area (Å²) in [6.45, 7) is 4.72. The minimum Gasteiger partial charge on any atom is -0.375 e. The van der Waals surface area contributed by atoms with E-state index in [9.17, 15) is 14.4 Å². The van der Waals surface area contributed by atoms with E-state index in [2.05, 4.69) is 21.6 Å². The number of imide groups is 1. The van der Waals surface area contributed by atoms with E-state index in [4.69, 9.17) is 4.74 Å². The third-order valence-corrected chi connectivity index (χ3v) is 8.59. The van der Waals surface area contributed by atoms with Gasteiger partial charge in [0.1, 0.15) is 6.04 Å². The van der Waals surface area contributed by atoms with Crippen LogP contribution < -0.4 is 15.5 Å². The van der Waals surface area contributed by atoms with Crippen molar-refractivity contribution in [3.8, 4) is 0 Å². The van der Waals surface area contributed by atoms with Gasteiger partial charge in [0.2, 0.25) is 11.8 Å². The fourth-order valence-corrected chi connectivity index (χ4v) is 6.56. The van der Waals surface area contributed by atoms with Gasteiger partial charge in [-0.15, -0.1) is 0 Å². The van der Waals surface area contributed by atoms with E-state index in [0.29, 0.717) is 36.2 Å². The van der Waals surface area contributed by atoms with Crippen LogP contribution in [0.3, 0.4) is 0 Å². The van der Waals surface area contributed by atoms with Gasteiger partial charge in [-0.05, 0) is 81.8 Å². The largest absolute Gasteiger partial charge is 0.375 e. The predicted octanol–water partition coefficient (Wildman–Crippen LogP) is 1.97. The van der Waals surface area contributed by atoms with Crippen molar-refractivity contribution in [1.29, 1.82) is 0 Å². The second-order valence-electron chi connectivity index (χ2n) is 10.9. The van der Waals surface area contributed by atoms with Gasteiger partial charge in [-0.3, -0.25) is 19.7 Å². The lowest BCUT2D eigenvalue weighted by Gasteiger charge is -2.54. The Bertz CT molecular complexity index is 989. The number of piperidine rings is 2. The van der Waals surface area contributed by atoms with Crippen molar-refractivity contribution in [1.82, 2.24) is 15.5 Å². The van der Waals surface area contributed by atoms with E-state index in [1.165, 1.54) is 12.8 Å². The van der Waals surface area contributed by atoms with Gasteiger partial charge in [-0.25, -0.2) is 0 Å². The van der Waals surface area contributed by atoms with Crippen LogP contribution in [0.5, 0.6) is 0 Å². The van der Waals surface area contributed by atoms with Gasteiger partial charge in [0.15, 0.2) is 0 Å². The predicted molar refractivity (Wildman–Crippen MR) is 126 cm³/mol. The molecule has 1 saturated carbocycles. The summed E-state index contributed by atoms with van der Waals surface area (Å²) in [6.07, 6.45) is 8.59. The van der Waals surface area contributed by atoms with Crippen LogP contribution in [-0.4, -0.2) is 67.1 Å². The Hall–Kier alpha value is -2.45. The number of fused-ring (bicyclic) bond motifs is 1.